The van der Waals surface area contributed by atoms with Crippen LogP contribution in [0, 0.1) is 0 Å². The maximum Gasteiger partial charge on any atom is 0.376 e. The largest absolute Gasteiger partial charge is 0.460 e. The summed E-state index contributed by atoms with van der Waals surface area (Å²) in [5, 5.41) is 7.28. The molecule has 0 fully saturated rings. The number of nitrogens with zero attached hydrogens (tertiary/aromatic N) is 2. The highest BCUT2D eigenvalue weighted by molar-refractivity contribution is 5.84. The van der Waals surface area contributed by atoms with E-state index in [9.17, 15) is 4.79 Å². The van der Waals surface area contributed by atoms with Crippen molar-refractivity contribution in [2.45, 2.75) is 20.5 Å². The Hall–Kier alpha value is -1.47. The Bertz CT molecular complexity index is 313. The van der Waals surface area contributed by atoms with Crippen molar-refractivity contribution in [3.63, 3.8) is 0 Å². The van der Waals surface area contributed by atoms with Gasteiger partial charge in [0.15, 0.2) is 5.82 Å². The van der Waals surface area contributed by atoms with Gasteiger partial charge in [-0.3, -0.25) is 0 Å². The third-order valence-corrected chi connectivity index (χ3v) is 1.40. The Labute approximate surface area is 86.7 Å². The number of aromatic amines is 1. The van der Waals surface area contributed by atoms with Crippen LogP contribution < -0.4 is 0 Å². The molecule has 84 valence electrons. The molecule has 15 heavy (non-hydrogen) atoms. The molecule has 1 heterocycles. The van der Waals surface area contributed by atoms with Crippen molar-refractivity contribution < 1.29 is 19.3 Å². The van der Waals surface area contributed by atoms with Crippen LogP contribution in [0.4, 0.5) is 0 Å². The molecular weight excluding hydrogens is 202 g/mol. The molecule has 1 aromatic rings. The minimum absolute atomic E-state index is 0.0620. The van der Waals surface area contributed by atoms with Crippen molar-refractivity contribution in [2.24, 2.45) is 0 Å². The zero-order valence-corrected chi connectivity index (χ0v) is 8.65. The average Bonchev–Trinajstić information content (AvgIpc) is 2.67. The molecule has 0 aromatic carbocycles. The quantitative estimate of drug-likeness (QED) is 0.321. The first-order valence-electron chi connectivity index (χ1n) is 4.61. The van der Waals surface area contributed by atoms with Crippen LogP contribution in [0.1, 0.15) is 30.3 Å². The van der Waals surface area contributed by atoms with E-state index in [-0.39, 0.29) is 12.4 Å². The van der Waals surface area contributed by atoms with E-state index in [2.05, 4.69) is 20.1 Å². The maximum atomic E-state index is 11.2. The van der Waals surface area contributed by atoms with Crippen LogP contribution >= 0.6 is 0 Å². The first-order valence-corrected chi connectivity index (χ1v) is 4.61. The van der Waals surface area contributed by atoms with E-state index < -0.39 is 5.97 Å². The third-order valence-electron chi connectivity index (χ3n) is 1.40. The Kier molecular flexibility index (Phi) is 4.72. The van der Waals surface area contributed by atoms with Gasteiger partial charge in [0.05, 0.1) is 13.2 Å². The van der Waals surface area contributed by atoms with Crippen molar-refractivity contribution in [3.8, 4) is 0 Å². The van der Waals surface area contributed by atoms with E-state index in [1.54, 1.807) is 13.8 Å². The fourth-order valence-electron chi connectivity index (χ4n) is 0.834. The number of hydrogen-bond acceptors (Lipinski definition) is 6. The van der Waals surface area contributed by atoms with Crippen LogP contribution in [-0.4, -0.2) is 34.4 Å². The molecule has 0 spiro atoms. The molecule has 7 heteroatoms. The maximum absolute atomic E-state index is 11.2. The number of hydrogen-bond donors (Lipinski definition) is 1. The van der Waals surface area contributed by atoms with E-state index in [0.29, 0.717) is 19.0 Å². The summed E-state index contributed by atoms with van der Waals surface area (Å²) in [4.78, 5) is 23.2. The lowest BCUT2D eigenvalue weighted by Crippen LogP contribution is -2.06. The SMILES string of the molecule is CCOOCc1nnc(C(=O)OCC)[nH]1. The lowest BCUT2D eigenvalue weighted by molar-refractivity contribution is -0.301. The molecule has 0 unspecified atom stereocenters. The second-order valence-corrected chi connectivity index (χ2v) is 2.51. The lowest BCUT2D eigenvalue weighted by Gasteiger charge is -1.97. The Morgan fingerprint density at radius 2 is 2.07 bits per heavy atom. The zero-order chi connectivity index (χ0) is 11.1. The van der Waals surface area contributed by atoms with Gasteiger partial charge in [-0.15, -0.1) is 10.2 Å². The Morgan fingerprint density at radius 3 is 2.73 bits per heavy atom. The van der Waals surface area contributed by atoms with Gasteiger partial charge in [-0.25, -0.2) is 14.6 Å². The van der Waals surface area contributed by atoms with Gasteiger partial charge in [0.2, 0.25) is 5.82 Å². The predicted molar refractivity (Wildman–Crippen MR) is 48.8 cm³/mol. The summed E-state index contributed by atoms with van der Waals surface area (Å²) in [6.07, 6.45) is 0. The molecule has 1 rings (SSSR count). The molecule has 0 saturated carbocycles. The van der Waals surface area contributed by atoms with E-state index in [1.165, 1.54) is 0 Å². The Morgan fingerprint density at radius 1 is 1.27 bits per heavy atom. The summed E-state index contributed by atoms with van der Waals surface area (Å²) in [6.45, 7) is 4.36. The van der Waals surface area contributed by atoms with Gasteiger partial charge in [-0.1, -0.05) is 0 Å². The van der Waals surface area contributed by atoms with Crippen molar-refractivity contribution in [1.29, 1.82) is 0 Å². The van der Waals surface area contributed by atoms with Gasteiger partial charge in [-0.05, 0) is 13.8 Å². The van der Waals surface area contributed by atoms with Gasteiger partial charge in [0.1, 0.15) is 6.61 Å². The fraction of sp³-hybridized carbons (Fsp3) is 0.625. The second-order valence-electron chi connectivity index (χ2n) is 2.51. The number of ether oxygens (including phenoxy) is 1. The van der Waals surface area contributed by atoms with Gasteiger partial charge in [-0.2, -0.15) is 0 Å². The molecule has 0 aliphatic heterocycles. The number of carbonyl (C=O) groups is 1. The first kappa shape index (κ1) is 11.6. The van der Waals surface area contributed by atoms with Gasteiger partial charge < -0.3 is 9.72 Å². The monoisotopic (exact) mass is 215 g/mol. The zero-order valence-electron chi connectivity index (χ0n) is 8.65. The standard InChI is InChI=1S/C8H13N3O4/c1-3-13-8(12)7-9-6(10-11-7)5-15-14-4-2/h3-5H2,1-2H3,(H,9,10,11). The molecule has 0 atom stereocenters. The van der Waals surface area contributed by atoms with Crippen LogP contribution in [0.2, 0.25) is 0 Å². The lowest BCUT2D eigenvalue weighted by atomic mass is 10.6. The second kappa shape index (κ2) is 6.10. The van der Waals surface area contributed by atoms with Crippen LogP contribution in [0.3, 0.4) is 0 Å². The molecule has 1 N–H and O–H groups in total. The summed E-state index contributed by atoms with van der Waals surface area (Å²) in [5.74, 6) is -0.0638. The molecular formula is C8H13N3O4. The molecule has 7 nitrogen and oxygen atoms in total. The predicted octanol–water partition coefficient (Wildman–Crippen LogP) is 0.450. The third kappa shape index (κ3) is 3.64. The molecule has 0 bridgehead atoms. The fourth-order valence-corrected chi connectivity index (χ4v) is 0.834. The highest BCUT2D eigenvalue weighted by Gasteiger charge is 2.12. The van der Waals surface area contributed by atoms with Crippen molar-refractivity contribution in [1.82, 2.24) is 15.2 Å². The normalized spacial score (nSPS) is 10.3. The number of H-pyrrole nitrogens is 1. The van der Waals surface area contributed by atoms with Crippen LogP contribution in [0.15, 0.2) is 0 Å². The van der Waals surface area contributed by atoms with Gasteiger partial charge >= 0.3 is 5.97 Å². The molecule has 0 saturated heterocycles. The number of esters is 1. The summed E-state index contributed by atoms with van der Waals surface area (Å²) in [6, 6.07) is 0. The smallest absolute Gasteiger partial charge is 0.376 e. The number of aromatic nitrogens is 3. The summed E-state index contributed by atoms with van der Waals surface area (Å²) >= 11 is 0. The Balaban J connectivity index is 2.45. The highest BCUT2D eigenvalue weighted by atomic mass is 17.2. The van der Waals surface area contributed by atoms with E-state index in [0.717, 1.165) is 0 Å². The summed E-state index contributed by atoms with van der Waals surface area (Å²) < 4.78 is 4.72. The summed E-state index contributed by atoms with van der Waals surface area (Å²) in [7, 11) is 0. The van der Waals surface area contributed by atoms with Crippen molar-refractivity contribution in [2.75, 3.05) is 13.2 Å². The van der Waals surface area contributed by atoms with E-state index >= 15 is 0 Å². The van der Waals surface area contributed by atoms with Crippen LogP contribution in [0.25, 0.3) is 0 Å². The number of carbonyl (C=O) groups excluding carboxylic acids is 1. The van der Waals surface area contributed by atoms with Gasteiger partial charge in [0.25, 0.3) is 0 Å². The molecule has 1 aromatic heterocycles. The average molecular weight is 215 g/mol. The topological polar surface area (TPSA) is 86.3 Å². The van der Waals surface area contributed by atoms with E-state index in [4.69, 9.17) is 9.62 Å². The van der Waals surface area contributed by atoms with Crippen LogP contribution in [0.5, 0.6) is 0 Å². The van der Waals surface area contributed by atoms with E-state index in [1.807, 2.05) is 0 Å². The highest BCUT2D eigenvalue weighted by Crippen LogP contribution is 1.97. The van der Waals surface area contributed by atoms with Gasteiger partial charge in [0, 0.05) is 0 Å². The molecule has 0 aliphatic rings. The minimum Gasteiger partial charge on any atom is -0.460 e. The number of nitrogens with one attached hydrogen (secondary N) is 1. The molecule has 0 radical (unpaired) electrons. The summed E-state index contributed by atoms with van der Waals surface area (Å²) in [5.41, 5.74) is 0. The number of rotatable bonds is 6. The molecule has 0 amide bonds. The van der Waals surface area contributed by atoms with Crippen molar-refractivity contribution in [3.05, 3.63) is 11.6 Å². The van der Waals surface area contributed by atoms with Crippen molar-refractivity contribution >= 4 is 5.97 Å². The minimum atomic E-state index is -0.535. The molecule has 0 aliphatic carbocycles. The first-order chi connectivity index (χ1) is 7.27. The van der Waals surface area contributed by atoms with Crippen LogP contribution in [-0.2, 0) is 21.1 Å².